The van der Waals surface area contributed by atoms with Gasteiger partial charge in [0.1, 0.15) is 10.0 Å². The summed E-state index contributed by atoms with van der Waals surface area (Å²) in [7, 11) is -3.70. The lowest BCUT2D eigenvalue weighted by atomic mass is 10.1. The summed E-state index contributed by atoms with van der Waals surface area (Å²) < 4.78 is 27.1. The predicted molar refractivity (Wildman–Crippen MR) is 84.2 cm³/mol. The van der Waals surface area contributed by atoms with Gasteiger partial charge in [0.15, 0.2) is 0 Å². The highest BCUT2D eigenvalue weighted by atomic mass is 35.5. The van der Waals surface area contributed by atoms with E-state index < -0.39 is 10.0 Å². The van der Waals surface area contributed by atoms with Crippen molar-refractivity contribution in [3.8, 4) is 0 Å². The average molecular weight is 345 g/mol. The van der Waals surface area contributed by atoms with Crippen molar-refractivity contribution in [2.45, 2.75) is 24.3 Å². The monoisotopic (exact) mass is 344 g/mol. The van der Waals surface area contributed by atoms with Gasteiger partial charge >= 0.3 is 0 Å². The molecule has 0 aliphatic heterocycles. The first-order valence-electron chi connectivity index (χ1n) is 6.26. The average Bonchev–Trinajstić information content (AvgIpc) is 2.38. The fraction of sp³-hybridized carbons (Fsp3) is 0.214. The molecule has 0 saturated carbocycles. The number of nitrogens with one attached hydrogen (secondary N) is 1. The molecule has 1 heterocycles. The maximum Gasteiger partial charge on any atom is 0.243 e. The molecule has 0 bridgehead atoms. The number of nitrogens with zero attached hydrogens (tertiary/aromatic N) is 1. The molecule has 4 nitrogen and oxygen atoms in total. The second-order valence-corrected chi connectivity index (χ2v) is 7.13. The van der Waals surface area contributed by atoms with E-state index >= 15 is 0 Å². The molecule has 0 saturated heterocycles. The summed E-state index contributed by atoms with van der Waals surface area (Å²) in [4.78, 5) is 3.75. The standard InChI is InChI=1S/C14H14Cl2N2O2S/c1-10(8-11-4-2-5-12(15)9-11)18-21(19,20)13-6-3-7-17-14(13)16/h2-7,9-10,18H,8H2,1H3. The maximum atomic E-state index is 12.3. The topological polar surface area (TPSA) is 59.1 Å². The first-order valence-corrected chi connectivity index (χ1v) is 8.49. The Kier molecular flexibility index (Phi) is 5.22. The van der Waals surface area contributed by atoms with Crippen LogP contribution in [0.15, 0.2) is 47.5 Å². The molecule has 0 spiro atoms. The molecule has 0 aliphatic carbocycles. The molecule has 0 aliphatic rings. The third-order valence-electron chi connectivity index (χ3n) is 2.80. The van der Waals surface area contributed by atoms with Gasteiger partial charge in [-0.3, -0.25) is 0 Å². The van der Waals surface area contributed by atoms with E-state index in [-0.39, 0.29) is 16.1 Å². The summed E-state index contributed by atoms with van der Waals surface area (Å²) in [5.41, 5.74) is 0.954. The third kappa shape index (κ3) is 4.41. The van der Waals surface area contributed by atoms with Gasteiger partial charge in [-0.1, -0.05) is 35.3 Å². The van der Waals surface area contributed by atoms with Crippen LogP contribution in [-0.4, -0.2) is 19.4 Å². The quantitative estimate of drug-likeness (QED) is 0.846. The van der Waals surface area contributed by atoms with E-state index in [0.29, 0.717) is 11.4 Å². The Morgan fingerprint density at radius 3 is 2.67 bits per heavy atom. The van der Waals surface area contributed by atoms with Gasteiger partial charge in [-0.2, -0.15) is 0 Å². The van der Waals surface area contributed by atoms with Crippen LogP contribution >= 0.6 is 23.2 Å². The van der Waals surface area contributed by atoms with E-state index in [2.05, 4.69) is 9.71 Å². The summed E-state index contributed by atoms with van der Waals surface area (Å²) >= 11 is 11.7. The van der Waals surface area contributed by atoms with Crippen molar-refractivity contribution in [3.63, 3.8) is 0 Å². The molecule has 1 aromatic heterocycles. The first-order chi connectivity index (χ1) is 9.88. The maximum absolute atomic E-state index is 12.3. The lowest BCUT2D eigenvalue weighted by molar-refractivity contribution is 0.559. The van der Waals surface area contributed by atoms with E-state index in [4.69, 9.17) is 23.2 Å². The van der Waals surface area contributed by atoms with Crippen molar-refractivity contribution in [1.29, 1.82) is 0 Å². The minimum atomic E-state index is -3.70. The normalized spacial score (nSPS) is 13.1. The van der Waals surface area contributed by atoms with Gasteiger partial charge in [-0.25, -0.2) is 18.1 Å². The number of hydrogen-bond acceptors (Lipinski definition) is 3. The molecule has 1 aromatic carbocycles. The molecule has 0 fully saturated rings. The largest absolute Gasteiger partial charge is 0.243 e. The summed E-state index contributed by atoms with van der Waals surface area (Å²) in [5, 5.41) is 0.581. The first kappa shape index (κ1) is 16.2. The van der Waals surface area contributed by atoms with Gasteiger partial charge in [-0.15, -0.1) is 0 Å². The molecule has 7 heteroatoms. The molecule has 2 aromatic rings. The second kappa shape index (κ2) is 6.75. The predicted octanol–water partition coefficient (Wildman–Crippen LogP) is 3.30. The minimum absolute atomic E-state index is 0.0235. The minimum Gasteiger partial charge on any atom is -0.243 e. The Balaban J connectivity index is 2.12. The van der Waals surface area contributed by atoms with Crippen LogP contribution in [0.1, 0.15) is 12.5 Å². The smallest absolute Gasteiger partial charge is 0.243 e. The van der Waals surface area contributed by atoms with Crippen LogP contribution in [0, 0.1) is 0 Å². The molecule has 112 valence electrons. The van der Waals surface area contributed by atoms with E-state index in [1.807, 2.05) is 18.2 Å². The summed E-state index contributed by atoms with van der Waals surface area (Å²) in [6, 6.07) is 9.96. The molecular weight excluding hydrogens is 331 g/mol. The van der Waals surface area contributed by atoms with Crippen LogP contribution in [0.3, 0.4) is 0 Å². The van der Waals surface area contributed by atoms with Crippen LogP contribution in [-0.2, 0) is 16.4 Å². The Bertz CT molecular complexity index is 735. The number of benzene rings is 1. The van der Waals surface area contributed by atoms with Crippen LogP contribution in [0.25, 0.3) is 0 Å². The molecule has 0 radical (unpaired) electrons. The Labute approximate surface area is 134 Å². The van der Waals surface area contributed by atoms with Gasteiger partial charge in [0, 0.05) is 17.3 Å². The molecule has 0 amide bonds. The van der Waals surface area contributed by atoms with Gasteiger partial charge in [0.05, 0.1) is 0 Å². The Morgan fingerprint density at radius 1 is 1.24 bits per heavy atom. The Morgan fingerprint density at radius 2 is 2.00 bits per heavy atom. The number of sulfonamides is 1. The zero-order chi connectivity index (χ0) is 15.5. The molecule has 1 unspecified atom stereocenters. The van der Waals surface area contributed by atoms with Gasteiger partial charge in [0.2, 0.25) is 10.0 Å². The Hall–Kier alpha value is -1.14. The molecule has 2 rings (SSSR count). The van der Waals surface area contributed by atoms with Crippen LogP contribution in [0.5, 0.6) is 0 Å². The number of rotatable bonds is 5. The van der Waals surface area contributed by atoms with E-state index in [1.165, 1.54) is 18.3 Å². The summed E-state index contributed by atoms with van der Waals surface area (Å²) in [5.74, 6) is 0. The molecule has 21 heavy (non-hydrogen) atoms. The van der Waals surface area contributed by atoms with Crippen molar-refractivity contribution in [3.05, 3.63) is 58.3 Å². The van der Waals surface area contributed by atoms with Crippen molar-refractivity contribution in [1.82, 2.24) is 9.71 Å². The lowest BCUT2D eigenvalue weighted by Gasteiger charge is -2.15. The van der Waals surface area contributed by atoms with Crippen LogP contribution in [0.4, 0.5) is 0 Å². The SMILES string of the molecule is CC(Cc1cccc(Cl)c1)NS(=O)(=O)c1cccnc1Cl. The number of pyridine rings is 1. The van der Waals surface area contributed by atoms with E-state index in [9.17, 15) is 8.42 Å². The zero-order valence-electron chi connectivity index (χ0n) is 11.3. The lowest BCUT2D eigenvalue weighted by Crippen LogP contribution is -2.34. The van der Waals surface area contributed by atoms with Gasteiger partial charge in [0.25, 0.3) is 0 Å². The second-order valence-electron chi connectivity index (χ2n) is 4.65. The molecular formula is C14H14Cl2N2O2S. The number of hydrogen-bond donors (Lipinski definition) is 1. The fourth-order valence-corrected chi connectivity index (χ4v) is 3.87. The van der Waals surface area contributed by atoms with Crippen molar-refractivity contribution >= 4 is 33.2 Å². The number of aromatic nitrogens is 1. The van der Waals surface area contributed by atoms with Gasteiger partial charge < -0.3 is 0 Å². The van der Waals surface area contributed by atoms with Crippen molar-refractivity contribution in [2.24, 2.45) is 0 Å². The highest BCUT2D eigenvalue weighted by molar-refractivity contribution is 7.89. The number of halogens is 2. The zero-order valence-corrected chi connectivity index (χ0v) is 13.6. The molecule has 1 N–H and O–H groups in total. The van der Waals surface area contributed by atoms with Crippen LogP contribution in [0.2, 0.25) is 10.2 Å². The third-order valence-corrected chi connectivity index (χ3v) is 5.07. The van der Waals surface area contributed by atoms with Crippen LogP contribution < -0.4 is 4.72 Å². The van der Waals surface area contributed by atoms with Gasteiger partial charge in [-0.05, 0) is 43.2 Å². The van der Waals surface area contributed by atoms with Crippen molar-refractivity contribution < 1.29 is 8.42 Å². The van der Waals surface area contributed by atoms with E-state index in [0.717, 1.165) is 5.56 Å². The summed E-state index contributed by atoms with van der Waals surface area (Å²) in [6.07, 6.45) is 1.97. The summed E-state index contributed by atoms with van der Waals surface area (Å²) in [6.45, 7) is 1.78. The van der Waals surface area contributed by atoms with Crippen molar-refractivity contribution in [2.75, 3.05) is 0 Å². The highest BCUT2D eigenvalue weighted by Gasteiger charge is 2.20. The molecule has 1 atom stereocenters. The fourth-order valence-electron chi connectivity index (χ4n) is 1.96. The van der Waals surface area contributed by atoms with E-state index in [1.54, 1.807) is 13.0 Å². The highest BCUT2D eigenvalue weighted by Crippen LogP contribution is 2.19.